The highest BCUT2D eigenvalue weighted by Gasteiger charge is 2.23. The van der Waals surface area contributed by atoms with Crippen molar-refractivity contribution in [2.45, 2.75) is 19.3 Å². The summed E-state index contributed by atoms with van der Waals surface area (Å²) in [7, 11) is 0. The van der Waals surface area contributed by atoms with Gasteiger partial charge in [0, 0.05) is 39.3 Å². The summed E-state index contributed by atoms with van der Waals surface area (Å²) >= 11 is 0. The number of hydrogen-bond donors (Lipinski definition) is 2. The molecule has 2 aliphatic heterocycles. The smallest absolute Gasteiger partial charge is 0.250 e. The molecule has 0 aliphatic carbocycles. The zero-order valence-corrected chi connectivity index (χ0v) is 17.9. The van der Waals surface area contributed by atoms with Crippen molar-refractivity contribution in [1.29, 1.82) is 5.26 Å². The molecular weight excluding hydrogens is 406 g/mol. The van der Waals surface area contributed by atoms with Crippen molar-refractivity contribution in [2.24, 2.45) is 15.8 Å². The third kappa shape index (κ3) is 5.40. The van der Waals surface area contributed by atoms with Crippen LogP contribution in [0.5, 0.6) is 0 Å². The van der Waals surface area contributed by atoms with Crippen molar-refractivity contribution in [3.8, 4) is 6.19 Å². The van der Waals surface area contributed by atoms with E-state index in [2.05, 4.69) is 35.3 Å². The molecule has 2 aromatic rings. The Balaban J connectivity index is 1.52. The predicted octanol–water partition coefficient (Wildman–Crippen LogP) is 1.23. The maximum Gasteiger partial charge on any atom is 0.250 e. The number of nitriles is 1. The molecule has 11 heteroatoms. The van der Waals surface area contributed by atoms with Crippen LogP contribution in [0.25, 0.3) is 0 Å². The van der Waals surface area contributed by atoms with Crippen LogP contribution in [0.4, 0.5) is 17.8 Å². The number of guanidine groups is 1. The molecule has 0 amide bonds. The van der Waals surface area contributed by atoms with E-state index in [1.165, 1.54) is 6.42 Å². The number of nitrogens with two attached hydrogens (primary N) is 1. The molecule has 32 heavy (non-hydrogen) atoms. The van der Waals surface area contributed by atoms with Gasteiger partial charge in [0.2, 0.25) is 30.0 Å². The van der Waals surface area contributed by atoms with E-state index in [1.54, 1.807) is 12.4 Å². The van der Waals surface area contributed by atoms with Crippen molar-refractivity contribution in [2.75, 3.05) is 54.5 Å². The molecule has 3 heterocycles. The highest BCUT2D eigenvalue weighted by Crippen LogP contribution is 2.21. The average Bonchev–Trinajstić information content (AvgIpc) is 2.85. The Hall–Kier alpha value is -3.94. The van der Waals surface area contributed by atoms with Gasteiger partial charge in [-0.3, -0.25) is 0 Å². The minimum Gasteiger partial charge on any atom is -0.369 e. The van der Waals surface area contributed by atoms with E-state index in [0.29, 0.717) is 44.0 Å². The van der Waals surface area contributed by atoms with E-state index in [1.807, 2.05) is 35.2 Å². The Morgan fingerprint density at radius 2 is 1.59 bits per heavy atom. The van der Waals surface area contributed by atoms with E-state index in [-0.39, 0.29) is 5.96 Å². The molecule has 11 nitrogen and oxygen atoms in total. The molecule has 0 atom stereocenters. The van der Waals surface area contributed by atoms with Crippen LogP contribution < -0.4 is 21.0 Å². The lowest BCUT2D eigenvalue weighted by molar-refractivity contribution is 0.379. The van der Waals surface area contributed by atoms with Crippen LogP contribution in [0, 0.1) is 11.5 Å². The first-order valence-electron chi connectivity index (χ1n) is 10.8. The van der Waals surface area contributed by atoms with Crippen molar-refractivity contribution >= 4 is 30.0 Å². The zero-order valence-electron chi connectivity index (χ0n) is 17.9. The lowest BCUT2D eigenvalue weighted by Crippen LogP contribution is -2.51. The maximum absolute atomic E-state index is 8.72. The number of benzene rings is 1. The molecule has 0 bridgehead atoms. The summed E-state index contributed by atoms with van der Waals surface area (Å²) in [5.41, 5.74) is 9.80. The van der Waals surface area contributed by atoms with Gasteiger partial charge >= 0.3 is 0 Å². The molecule has 0 spiro atoms. The largest absolute Gasteiger partial charge is 0.369 e. The number of aliphatic imine (C=N–C) groups is 1. The van der Waals surface area contributed by atoms with Gasteiger partial charge in [-0.25, -0.2) is 5.43 Å². The van der Waals surface area contributed by atoms with Crippen molar-refractivity contribution in [3.63, 3.8) is 0 Å². The Bertz CT molecular complexity index is 985. The normalized spacial score (nSPS) is 17.5. The van der Waals surface area contributed by atoms with Crippen LogP contribution in [-0.2, 0) is 0 Å². The Kier molecular flexibility index (Phi) is 6.91. The molecule has 0 radical (unpaired) electrons. The molecule has 166 valence electrons. The van der Waals surface area contributed by atoms with E-state index < -0.39 is 0 Å². The first-order chi connectivity index (χ1) is 15.7. The molecule has 2 saturated heterocycles. The summed E-state index contributed by atoms with van der Waals surface area (Å²) < 4.78 is 0. The van der Waals surface area contributed by atoms with Gasteiger partial charge in [0.25, 0.3) is 0 Å². The van der Waals surface area contributed by atoms with Gasteiger partial charge in [-0.1, -0.05) is 30.3 Å². The number of aromatic nitrogens is 3. The maximum atomic E-state index is 8.72. The Labute approximate surface area is 187 Å². The summed E-state index contributed by atoms with van der Waals surface area (Å²) in [5, 5.41) is 13.0. The molecule has 1 aromatic carbocycles. The average molecular weight is 434 g/mol. The second-order valence-corrected chi connectivity index (χ2v) is 7.63. The number of hydrogen-bond acceptors (Lipinski definition) is 9. The van der Waals surface area contributed by atoms with Crippen LogP contribution in [0.3, 0.4) is 0 Å². The SMILES string of the molecule is N#CN=C(N)N1CCN(c2nc(N/N=C/c3ccccc3)nc(N3CCCCC3)n2)CC1. The number of nitrogens with one attached hydrogen (secondary N) is 1. The van der Waals surface area contributed by atoms with Gasteiger partial charge < -0.3 is 20.4 Å². The number of anilines is 3. The summed E-state index contributed by atoms with van der Waals surface area (Å²) in [4.78, 5) is 23.8. The van der Waals surface area contributed by atoms with E-state index in [0.717, 1.165) is 31.5 Å². The predicted molar refractivity (Wildman–Crippen MR) is 125 cm³/mol. The first kappa shape index (κ1) is 21.3. The van der Waals surface area contributed by atoms with Crippen LogP contribution >= 0.6 is 0 Å². The third-order valence-corrected chi connectivity index (χ3v) is 5.48. The van der Waals surface area contributed by atoms with Gasteiger partial charge in [-0.15, -0.1) is 4.99 Å². The number of piperidine rings is 1. The molecule has 3 N–H and O–H groups in total. The number of rotatable bonds is 5. The second kappa shape index (κ2) is 10.4. The molecule has 2 fully saturated rings. The molecule has 0 saturated carbocycles. The van der Waals surface area contributed by atoms with Crippen molar-refractivity contribution in [1.82, 2.24) is 19.9 Å². The fourth-order valence-corrected chi connectivity index (χ4v) is 3.74. The minimum atomic E-state index is 0.245. The summed E-state index contributed by atoms with van der Waals surface area (Å²) in [6.07, 6.45) is 6.97. The second-order valence-electron chi connectivity index (χ2n) is 7.63. The van der Waals surface area contributed by atoms with E-state index >= 15 is 0 Å². The Morgan fingerprint density at radius 3 is 2.25 bits per heavy atom. The van der Waals surface area contributed by atoms with Crippen molar-refractivity contribution in [3.05, 3.63) is 35.9 Å². The summed E-state index contributed by atoms with van der Waals surface area (Å²) in [6, 6.07) is 9.84. The monoisotopic (exact) mass is 433 g/mol. The van der Waals surface area contributed by atoms with Crippen molar-refractivity contribution < 1.29 is 0 Å². The molecule has 1 aromatic heterocycles. The summed E-state index contributed by atoms with van der Waals surface area (Å²) in [5.74, 6) is 1.93. The Morgan fingerprint density at radius 1 is 0.938 bits per heavy atom. The lowest BCUT2D eigenvalue weighted by atomic mass is 10.1. The minimum absolute atomic E-state index is 0.245. The topological polar surface area (TPSA) is 135 Å². The molecule has 2 aliphatic rings. The number of piperazine rings is 1. The molecule has 4 rings (SSSR count). The van der Waals surface area contributed by atoms with Gasteiger partial charge in [0.15, 0.2) is 0 Å². The van der Waals surface area contributed by atoms with E-state index in [4.69, 9.17) is 16.0 Å². The van der Waals surface area contributed by atoms with Gasteiger partial charge in [0.05, 0.1) is 6.21 Å². The third-order valence-electron chi connectivity index (χ3n) is 5.48. The molecular formula is C21H27N11. The van der Waals surface area contributed by atoms with Crippen LogP contribution in [0.1, 0.15) is 24.8 Å². The fourth-order valence-electron chi connectivity index (χ4n) is 3.74. The highest BCUT2D eigenvalue weighted by atomic mass is 15.4. The van der Waals surface area contributed by atoms with Crippen LogP contribution in [0.15, 0.2) is 40.4 Å². The standard InChI is InChI=1S/C21H27N11/c22-16-24-18(23)30-11-13-32(14-12-30)21-27-19(29-25-15-17-7-3-1-4-8-17)26-20(28-21)31-9-5-2-6-10-31/h1,3-4,7-8,15H,2,5-6,9-14H2,(H2,23,24)(H,26,27,28,29)/b25-15+. The quantitative estimate of drug-likeness (QED) is 0.309. The lowest BCUT2D eigenvalue weighted by Gasteiger charge is -2.35. The molecule has 0 unspecified atom stereocenters. The number of nitrogens with zero attached hydrogens (tertiary/aromatic N) is 9. The van der Waals surface area contributed by atoms with Gasteiger partial charge in [0.1, 0.15) is 0 Å². The van der Waals surface area contributed by atoms with Crippen LogP contribution in [0.2, 0.25) is 0 Å². The zero-order chi connectivity index (χ0) is 22.2. The number of hydrazone groups is 1. The first-order valence-corrected chi connectivity index (χ1v) is 10.8. The van der Waals surface area contributed by atoms with Gasteiger partial charge in [-0.05, 0) is 24.8 Å². The summed E-state index contributed by atoms with van der Waals surface area (Å²) in [6.45, 7) is 4.47. The van der Waals surface area contributed by atoms with Crippen LogP contribution in [-0.4, -0.2) is 71.3 Å². The fraction of sp³-hybridized carbons (Fsp3) is 0.429. The van der Waals surface area contributed by atoms with Gasteiger partial charge in [-0.2, -0.15) is 25.3 Å². The highest BCUT2D eigenvalue weighted by molar-refractivity contribution is 5.80. The van der Waals surface area contributed by atoms with E-state index in [9.17, 15) is 0 Å².